The summed E-state index contributed by atoms with van der Waals surface area (Å²) in [7, 11) is 0. The number of Topliss-reactive ketones (excluding diaryl/α,β-unsaturated/α-hetero) is 2. The van der Waals surface area contributed by atoms with Crippen LogP contribution < -0.4 is 0 Å². The number of rotatable bonds is 5. The molecule has 86 valence electrons. The first-order valence-corrected chi connectivity index (χ1v) is 5.13. The Kier molecular flexibility index (Phi) is 3.97. The molecule has 0 aromatic carbocycles. The second kappa shape index (κ2) is 4.25. The summed E-state index contributed by atoms with van der Waals surface area (Å²) < 4.78 is 0. The number of carbonyl (C=O) groups is 3. The van der Waals surface area contributed by atoms with Gasteiger partial charge in [0.2, 0.25) is 0 Å². The van der Waals surface area contributed by atoms with Crippen LogP contribution in [0.2, 0.25) is 0 Å². The molecule has 0 aliphatic rings. The largest absolute Gasteiger partial charge is 0.302 e. The number of hydrogen-bond acceptors (Lipinski definition) is 3. The molecule has 0 fully saturated rings. The van der Waals surface area contributed by atoms with Crippen LogP contribution in [-0.2, 0) is 14.4 Å². The Labute approximate surface area is 91.2 Å². The quantitative estimate of drug-likeness (QED) is 0.517. The minimum Gasteiger partial charge on any atom is -0.302 e. The molecule has 0 bridgehead atoms. The highest BCUT2D eigenvalue weighted by atomic mass is 16.2. The van der Waals surface area contributed by atoms with Gasteiger partial charge in [-0.3, -0.25) is 9.59 Å². The summed E-state index contributed by atoms with van der Waals surface area (Å²) in [5.41, 5.74) is -2.17. The average molecular weight is 212 g/mol. The fourth-order valence-corrected chi connectivity index (χ4v) is 1.69. The smallest absolute Gasteiger partial charge is 0.158 e. The summed E-state index contributed by atoms with van der Waals surface area (Å²) in [5.74, 6) is -0.641. The summed E-state index contributed by atoms with van der Waals surface area (Å²) in [4.78, 5) is 34.6. The Hall–Kier alpha value is -0.990. The van der Waals surface area contributed by atoms with E-state index in [0.717, 1.165) is 0 Å². The van der Waals surface area contributed by atoms with Gasteiger partial charge in [0.1, 0.15) is 12.1 Å². The molecule has 0 saturated carbocycles. The van der Waals surface area contributed by atoms with Gasteiger partial charge in [0.15, 0.2) is 5.78 Å². The van der Waals surface area contributed by atoms with Gasteiger partial charge < -0.3 is 4.79 Å². The predicted octanol–water partition coefficient (Wildman–Crippen LogP) is 2.03. The van der Waals surface area contributed by atoms with E-state index in [0.29, 0.717) is 6.29 Å². The van der Waals surface area contributed by atoms with Crippen LogP contribution >= 0.6 is 0 Å². The van der Waals surface area contributed by atoms with Crippen molar-refractivity contribution in [1.82, 2.24) is 0 Å². The monoisotopic (exact) mass is 212 g/mol. The molecule has 0 spiro atoms. The van der Waals surface area contributed by atoms with Crippen LogP contribution in [0.1, 0.15) is 41.5 Å². The van der Waals surface area contributed by atoms with Crippen molar-refractivity contribution >= 4 is 17.9 Å². The van der Waals surface area contributed by atoms with Crippen LogP contribution in [0.25, 0.3) is 0 Å². The molecule has 0 aromatic rings. The standard InChI is InChI=1S/C12H20O3/c1-8(2)9(14)12(5,6)10(15)11(3,4)7-13/h7-8H,1-6H3. The van der Waals surface area contributed by atoms with Crippen molar-refractivity contribution in [3.63, 3.8) is 0 Å². The molecule has 0 rings (SSSR count). The molecule has 0 N–H and O–H groups in total. The molecule has 3 heteroatoms. The van der Waals surface area contributed by atoms with Crippen molar-refractivity contribution in [2.75, 3.05) is 0 Å². The number of aldehydes is 1. The first kappa shape index (κ1) is 14.0. The summed E-state index contributed by atoms with van der Waals surface area (Å²) >= 11 is 0. The van der Waals surface area contributed by atoms with Gasteiger partial charge in [-0.1, -0.05) is 13.8 Å². The Morgan fingerprint density at radius 2 is 1.47 bits per heavy atom. The third-order valence-corrected chi connectivity index (χ3v) is 2.59. The minimum absolute atomic E-state index is 0.123. The van der Waals surface area contributed by atoms with E-state index in [9.17, 15) is 14.4 Å². The molecule has 0 heterocycles. The van der Waals surface area contributed by atoms with Gasteiger partial charge in [0, 0.05) is 5.92 Å². The maximum atomic E-state index is 12.0. The second-order valence-corrected chi connectivity index (χ2v) is 5.31. The molecule has 0 aliphatic carbocycles. The maximum Gasteiger partial charge on any atom is 0.158 e. The van der Waals surface area contributed by atoms with Gasteiger partial charge in [-0.15, -0.1) is 0 Å². The summed E-state index contributed by atoms with van der Waals surface area (Å²) in [6.07, 6.45) is 0.602. The normalized spacial score (nSPS) is 12.7. The Balaban J connectivity index is 5.14. The van der Waals surface area contributed by atoms with Gasteiger partial charge in [-0.2, -0.15) is 0 Å². The minimum atomic E-state index is -1.09. The number of hydrogen-bond donors (Lipinski definition) is 0. The summed E-state index contributed by atoms with van der Waals surface area (Å²) in [6.45, 7) is 9.76. The number of ketones is 2. The SMILES string of the molecule is CC(C)C(=O)C(C)(C)C(=O)C(C)(C)C=O. The molecule has 0 amide bonds. The molecule has 0 aliphatic heterocycles. The van der Waals surface area contributed by atoms with E-state index in [1.807, 2.05) is 0 Å². The Morgan fingerprint density at radius 3 is 1.73 bits per heavy atom. The lowest BCUT2D eigenvalue weighted by atomic mass is 9.70. The van der Waals surface area contributed by atoms with Crippen molar-refractivity contribution < 1.29 is 14.4 Å². The fourth-order valence-electron chi connectivity index (χ4n) is 1.69. The van der Waals surface area contributed by atoms with Crippen molar-refractivity contribution in [3.05, 3.63) is 0 Å². The van der Waals surface area contributed by atoms with Crippen molar-refractivity contribution in [1.29, 1.82) is 0 Å². The summed E-state index contributed by atoms with van der Waals surface area (Å²) in [6, 6.07) is 0. The molecular weight excluding hydrogens is 192 g/mol. The highest BCUT2D eigenvalue weighted by Crippen LogP contribution is 2.31. The van der Waals surface area contributed by atoms with E-state index >= 15 is 0 Å². The zero-order chi connectivity index (χ0) is 12.4. The van der Waals surface area contributed by atoms with Gasteiger partial charge in [-0.05, 0) is 27.7 Å². The molecule has 0 radical (unpaired) electrons. The van der Waals surface area contributed by atoms with E-state index in [4.69, 9.17) is 0 Å². The second-order valence-electron chi connectivity index (χ2n) is 5.31. The zero-order valence-electron chi connectivity index (χ0n) is 10.4. The Bertz CT molecular complexity index is 285. The third-order valence-electron chi connectivity index (χ3n) is 2.59. The molecule has 0 aromatic heterocycles. The van der Waals surface area contributed by atoms with E-state index in [1.54, 1.807) is 27.7 Å². The Morgan fingerprint density at radius 1 is 1.07 bits per heavy atom. The molecule has 0 atom stereocenters. The highest BCUT2D eigenvalue weighted by molar-refractivity contribution is 6.13. The molecular formula is C12H20O3. The van der Waals surface area contributed by atoms with Crippen LogP contribution in [0.15, 0.2) is 0 Å². The van der Waals surface area contributed by atoms with Crippen molar-refractivity contribution in [3.8, 4) is 0 Å². The molecule has 0 saturated heterocycles. The van der Waals surface area contributed by atoms with Gasteiger partial charge in [0.25, 0.3) is 0 Å². The average Bonchev–Trinajstić information content (AvgIpc) is 2.15. The van der Waals surface area contributed by atoms with Crippen LogP contribution in [0.4, 0.5) is 0 Å². The molecule has 3 nitrogen and oxygen atoms in total. The lowest BCUT2D eigenvalue weighted by molar-refractivity contribution is -0.147. The van der Waals surface area contributed by atoms with Crippen LogP contribution in [0.5, 0.6) is 0 Å². The topological polar surface area (TPSA) is 51.2 Å². The lowest BCUT2D eigenvalue weighted by Crippen LogP contribution is -2.44. The fraction of sp³-hybridized carbons (Fsp3) is 0.750. The van der Waals surface area contributed by atoms with E-state index in [-0.39, 0.29) is 17.5 Å². The predicted molar refractivity (Wildman–Crippen MR) is 58.5 cm³/mol. The zero-order valence-corrected chi connectivity index (χ0v) is 10.4. The van der Waals surface area contributed by atoms with Crippen LogP contribution in [0, 0.1) is 16.7 Å². The van der Waals surface area contributed by atoms with Crippen molar-refractivity contribution in [2.24, 2.45) is 16.7 Å². The lowest BCUT2D eigenvalue weighted by Gasteiger charge is -2.29. The van der Waals surface area contributed by atoms with Crippen LogP contribution in [0.3, 0.4) is 0 Å². The molecule has 0 unspecified atom stereocenters. The maximum absolute atomic E-state index is 12.0. The van der Waals surface area contributed by atoms with Gasteiger partial charge >= 0.3 is 0 Å². The summed E-state index contributed by atoms with van der Waals surface area (Å²) in [5, 5.41) is 0. The van der Waals surface area contributed by atoms with E-state index < -0.39 is 10.8 Å². The third kappa shape index (κ3) is 2.74. The van der Waals surface area contributed by atoms with Crippen LogP contribution in [-0.4, -0.2) is 17.9 Å². The highest BCUT2D eigenvalue weighted by Gasteiger charge is 2.44. The van der Waals surface area contributed by atoms with E-state index in [1.165, 1.54) is 13.8 Å². The number of carbonyl (C=O) groups excluding carboxylic acids is 3. The van der Waals surface area contributed by atoms with Gasteiger partial charge in [-0.25, -0.2) is 0 Å². The first-order chi connectivity index (χ1) is 6.57. The van der Waals surface area contributed by atoms with Gasteiger partial charge in [0.05, 0.1) is 10.8 Å². The molecule has 15 heavy (non-hydrogen) atoms. The van der Waals surface area contributed by atoms with Crippen molar-refractivity contribution in [2.45, 2.75) is 41.5 Å². The van der Waals surface area contributed by atoms with E-state index in [2.05, 4.69) is 0 Å². The first-order valence-electron chi connectivity index (χ1n) is 5.13.